The van der Waals surface area contributed by atoms with Crippen LogP contribution in [0.1, 0.15) is 87.6 Å². The van der Waals surface area contributed by atoms with Crippen molar-refractivity contribution < 1.29 is 18.8 Å². The first-order valence-corrected chi connectivity index (χ1v) is 13.4. The molecular weight excluding hydrogens is 444 g/mol. The van der Waals surface area contributed by atoms with Crippen molar-refractivity contribution in [2.45, 2.75) is 94.6 Å². The lowest BCUT2D eigenvalue weighted by atomic mass is 9.64. The van der Waals surface area contributed by atoms with Crippen LogP contribution in [0, 0.1) is 0 Å². The summed E-state index contributed by atoms with van der Waals surface area (Å²) in [5.74, 6) is 2.42. The molecule has 4 aliphatic rings. The summed E-state index contributed by atoms with van der Waals surface area (Å²) in [6.45, 7) is 4.63. The normalized spacial score (nSPS) is 30.1. The molecule has 8 nitrogen and oxygen atoms in total. The SMILES string of the molecule is C[C@H](Oc1cc([C@H]2CCOC2)nc(-c2noc3c2CCC[C@@]32CCCCC2=O)n1)[C@@H]1CCCN1C. The van der Waals surface area contributed by atoms with E-state index < -0.39 is 5.41 Å². The summed E-state index contributed by atoms with van der Waals surface area (Å²) in [6, 6.07) is 2.36. The molecule has 35 heavy (non-hydrogen) atoms. The molecule has 1 spiro atoms. The van der Waals surface area contributed by atoms with E-state index in [1.54, 1.807) is 0 Å². The number of Topliss-reactive ketones (excluding diaryl/α,β-unsaturated/α-hetero) is 1. The van der Waals surface area contributed by atoms with Crippen molar-refractivity contribution in [2.24, 2.45) is 0 Å². The summed E-state index contributed by atoms with van der Waals surface area (Å²) in [5.41, 5.74) is 2.12. The first-order valence-electron chi connectivity index (χ1n) is 13.4. The Labute approximate surface area is 206 Å². The minimum absolute atomic E-state index is 0.0206. The van der Waals surface area contributed by atoms with Gasteiger partial charge in [-0.05, 0) is 71.9 Å². The van der Waals surface area contributed by atoms with E-state index in [1.165, 1.54) is 6.42 Å². The highest BCUT2D eigenvalue weighted by molar-refractivity contribution is 5.91. The van der Waals surface area contributed by atoms with Gasteiger partial charge < -0.3 is 14.0 Å². The number of hydrogen-bond donors (Lipinski definition) is 0. The van der Waals surface area contributed by atoms with Crippen LogP contribution in [0.25, 0.3) is 11.5 Å². The second-order valence-electron chi connectivity index (χ2n) is 10.9. The van der Waals surface area contributed by atoms with Gasteiger partial charge in [0.25, 0.3) is 0 Å². The van der Waals surface area contributed by atoms with Crippen molar-refractivity contribution in [1.82, 2.24) is 20.0 Å². The summed E-state index contributed by atoms with van der Waals surface area (Å²) in [7, 11) is 2.16. The smallest absolute Gasteiger partial charge is 0.217 e. The molecule has 188 valence electrons. The molecule has 2 aromatic heterocycles. The molecule has 2 aliphatic heterocycles. The Balaban J connectivity index is 1.37. The van der Waals surface area contributed by atoms with Crippen molar-refractivity contribution in [2.75, 3.05) is 26.8 Å². The number of rotatable bonds is 5. The molecule has 0 unspecified atom stereocenters. The molecule has 0 aromatic carbocycles. The minimum atomic E-state index is -0.505. The molecule has 1 saturated carbocycles. The quantitative estimate of drug-likeness (QED) is 0.629. The average molecular weight is 481 g/mol. The number of aromatic nitrogens is 3. The molecule has 6 rings (SSSR count). The number of hydrogen-bond acceptors (Lipinski definition) is 8. The van der Waals surface area contributed by atoms with E-state index in [9.17, 15) is 4.79 Å². The van der Waals surface area contributed by atoms with Crippen molar-refractivity contribution in [3.63, 3.8) is 0 Å². The number of carbonyl (C=O) groups excluding carboxylic acids is 1. The van der Waals surface area contributed by atoms with Crippen molar-refractivity contribution in [3.8, 4) is 17.4 Å². The second kappa shape index (κ2) is 9.28. The van der Waals surface area contributed by atoms with Gasteiger partial charge in [-0.2, -0.15) is 4.98 Å². The highest BCUT2D eigenvalue weighted by atomic mass is 16.5. The maximum Gasteiger partial charge on any atom is 0.217 e. The number of likely N-dealkylation sites (N-methyl/N-ethyl adjacent to an activating group) is 1. The highest BCUT2D eigenvalue weighted by Crippen LogP contribution is 2.47. The van der Waals surface area contributed by atoms with Crippen LogP contribution in [0.2, 0.25) is 0 Å². The Kier molecular flexibility index (Phi) is 6.13. The van der Waals surface area contributed by atoms with Crippen LogP contribution in [-0.4, -0.2) is 64.8 Å². The predicted octanol–water partition coefficient (Wildman–Crippen LogP) is 4.21. The maximum atomic E-state index is 13.1. The van der Waals surface area contributed by atoms with E-state index in [1.807, 2.05) is 6.07 Å². The van der Waals surface area contributed by atoms with Crippen molar-refractivity contribution in [1.29, 1.82) is 0 Å². The van der Waals surface area contributed by atoms with Crippen LogP contribution in [0.5, 0.6) is 5.88 Å². The van der Waals surface area contributed by atoms with Crippen molar-refractivity contribution >= 4 is 5.78 Å². The third-order valence-corrected chi connectivity index (χ3v) is 8.75. The lowest BCUT2D eigenvalue weighted by Crippen LogP contribution is -2.41. The number of ketones is 1. The van der Waals surface area contributed by atoms with Crippen LogP contribution < -0.4 is 4.74 Å². The average Bonchev–Trinajstić information content (AvgIpc) is 3.62. The monoisotopic (exact) mass is 480 g/mol. The number of fused-ring (bicyclic) bond motifs is 2. The number of nitrogens with zero attached hydrogens (tertiary/aromatic N) is 4. The van der Waals surface area contributed by atoms with E-state index in [0.717, 1.165) is 81.5 Å². The zero-order valence-electron chi connectivity index (χ0n) is 20.9. The largest absolute Gasteiger partial charge is 0.473 e. The zero-order chi connectivity index (χ0) is 24.0. The van der Waals surface area contributed by atoms with Gasteiger partial charge in [-0.3, -0.25) is 9.69 Å². The Morgan fingerprint density at radius 3 is 2.80 bits per heavy atom. The molecule has 3 fully saturated rings. The van der Waals surface area contributed by atoms with Gasteiger partial charge in [-0.25, -0.2) is 4.98 Å². The van der Waals surface area contributed by atoms with Gasteiger partial charge in [0.05, 0.1) is 17.7 Å². The van der Waals surface area contributed by atoms with Crippen LogP contribution in [-0.2, 0) is 21.4 Å². The molecule has 8 heteroatoms. The van der Waals surface area contributed by atoms with Gasteiger partial charge in [-0.1, -0.05) is 11.6 Å². The molecule has 2 saturated heterocycles. The van der Waals surface area contributed by atoms with Gasteiger partial charge in [0.1, 0.15) is 11.9 Å². The number of likely N-dealkylation sites (tertiary alicyclic amines) is 1. The fourth-order valence-corrected chi connectivity index (χ4v) is 6.75. The summed E-state index contributed by atoms with van der Waals surface area (Å²) < 4.78 is 18.1. The second-order valence-corrected chi connectivity index (χ2v) is 10.9. The predicted molar refractivity (Wildman–Crippen MR) is 130 cm³/mol. The first kappa shape index (κ1) is 23.1. The summed E-state index contributed by atoms with van der Waals surface area (Å²) in [4.78, 5) is 25.2. The lowest BCUT2D eigenvalue weighted by molar-refractivity contribution is -0.128. The van der Waals surface area contributed by atoms with E-state index >= 15 is 0 Å². The summed E-state index contributed by atoms with van der Waals surface area (Å²) >= 11 is 0. The Morgan fingerprint density at radius 2 is 2.03 bits per heavy atom. The fraction of sp³-hybridized carbons (Fsp3) is 0.704. The molecule has 0 bridgehead atoms. The molecule has 4 heterocycles. The van der Waals surface area contributed by atoms with Crippen LogP contribution >= 0.6 is 0 Å². The van der Waals surface area contributed by atoms with E-state index in [-0.39, 0.29) is 12.0 Å². The van der Waals surface area contributed by atoms with Gasteiger partial charge in [0.2, 0.25) is 5.88 Å². The Morgan fingerprint density at radius 1 is 1.14 bits per heavy atom. The molecule has 2 aromatic rings. The third-order valence-electron chi connectivity index (χ3n) is 8.75. The van der Waals surface area contributed by atoms with Crippen LogP contribution in [0.4, 0.5) is 0 Å². The summed E-state index contributed by atoms with van der Waals surface area (Å²) in [5, 5.41) is 4.48. The topological polar surface area (TPSA) is 90.6 Å². The zero-order valence-corrected chi connectivity index (χ0v) is 20.9. The number of carbonyl (C=O) groups is 1. The third kappa shape index (κ3) is 4.08. The van der Waals surface area contributed by atoms with Crippen LogP contribution in [0.3, 0.4) is 0 Å². The fourth-order valence-electron chi connectivity index (χ4n) is 6.75. The van der Waals surface area contributed by atoms with E-state index in [0.29, 0.717) is 42.3 Å². The van der Waals surface area contributed by atoms with Gasteiger partial charge >= 0.3 is 0 Å². The van der Waals surface area contributed by atoms with Gasteiger partial charge in [-0.15, -0.1) is 0 Å². The minimum Gasteiger partial charge on any atom is -0.473 e. The number of ether oxygens (including phenoxy) is 2. The molecule has 0 radical (unpaired) electrons. The molecule has 4 atom stereocenters. The molecular formula is C27H36N4O4. The molecule has 2 aliphatic carbocycles. The summed E-state index contributed by atoms with van der Waals surface area (Å²) in [6.07, 6.45) is 9.45. The van der Waals surface area contributed by atoms with E-state index in [2.05, 4.69) is 24.0 Å². The highest BCUT2D eigenvalue weighted by Gasteiger charge is 2.48. The Hall–Kier alpha value is -2.32. The van der Waals surface area contributed by atoms with Gasteiger partial charge in [0, 0.05) is 36.6 Å². The maximum absolute atomic E-state index is 13.1. The van der Waals surface area contributed by atoms with Crippen LogP contribution in [0.15, 0.2) is 10.6 Å². The van der Waals surface area contributed by atoms with E-state index in [4.69, 9.17) is 24.0 Å². The Bertz CT molecular complexity index is 1090. The molecule has 0 N–H and O–H groups in total. The lowest BCUT2D eigenvalue weighted by Gasteiger charge is -2.36. The first-order chi connectivity index (χ1) is 17.0. The standard InChI is InChI=1S/C27H36N4O4/c1-17(21-8-6-13-31(21)2)34-23-15-20(18-10-14-33-16-18)28-26(29-23)24-19-7-5-12-27(25(19)35-30-24)11-4-3-9-22(27)32/h15,17-18,21H,3-14,16H2,1-2H3/t17-,18-,21-,27+/m0/s1. The molecule has 0 amide bonds. The van der Waals surface area contributed by atoms with Gasteiger partial charge in [0.15, 0.2) is 17.3 Å². The van der Waals surface area contributed by atoms with Crippen molar-refractivity contribution in [3.05, 3.63) is 23.1 Å².